The first-order valence-corrected chi connectivity index (χ1v) is 7.49. The second-order valence-corrected chi connectivity index (χ2v) is 5.84. The summed E-state index contributed by atoms with van der Waals surface area (Å²) < 4.78 is 0. The molecule has 3 N–H and O–H groups in total. The molecule has 0 saturated heterocycles. The van der Waals surface area contributed by atoms with Gasteiger partial charge in [0, 0.05) is 24.8 Å². The van der Waals surface area contributed by atoms with Crippen molar-refractivity contribution < 1.29 is 9.59 Å². The standard InChI is InChI=1S/C15H15N3O2S/c1-9(19)18-6-4-10-8-11(2-3-13(10)18)17-15(20)14-12(16)5-7-21-14/h2-3,5,7-8H,4,6,16H2,1H3,(H,17,20). The van der Waals surface area contributed by atoms with Crippen molar-refractivity contribution in [3.63, 3.8) is 0 Å². The zero-order valence-corrected chi connectivity index (χ0v) is 12.4. The molecule has 2 heterocycles. The number of nitrogens with two attached hydrogens (primary N) is 1. The Hall–Kier alpha value is -2.34. The number of thiophene rings is 1. The number of fused-ring (bicyclic) bond motifs is 1. The molecular formula is C15H15N3O2S. The molecule has 0 aliphatic carbocycles. The minimum absolute atomic E-state index is 0.0388. The Balaban J connectivity index is 1.81. The molecule has 5 nitrogen and oxygen atoms in total. The lowest BCUT2D eigenvalue weighted by atomic mass is 10.1. The summed E-state index contributed by atoms with van der Waals surface area (Å²) in [5.74, 6) is -0.166. The average Bonchev–Trinajstić information content (AvgIpc) is 3.04. The zero-order valence-electron chi connectivity index (χ0n) is 11.6. The lowest BCUT2D eigenvalue weighted by molar-refractivity contribution is -0.116. The molecule has 6 heteroatoms. The minimum Gasteiger partial charge on any atom is -0.397 e. The SMILES string of the molecule is CC(=O)N1CCc2cc(NC(=O)c3sccc3N)ccc21. The maximum absolute atomic E-state index is 12.1. The summed E-state index contributed by atoms with van der Waals surface area (Å²) >= 11 is 1.32. The van der Waals surface area contributed by atoms with Crippen LogP contribution in [0.25, 0.3) is 0 Å². The molecule has 2 aromatic rings. The van der Waals surface area contributed by atoms with Gasteiger partial charge in [0.2, 0.25) is 5.91 Å². The van der Waals surface area contributed by atoms with Gasteiger partial charge in [-0.05, 0) is 41.6 Å². The summed E-state index contributed by atoms with van der Waals surface area (Å²) in [7, 11) is 0. The van der Waals surface area contributed by atoms with Crippen molar-refractivity contribution in [3.8, 4) is 0 Å². The van der Waals surface area contributed by atoms with Gasteiger partial charge in [0.1, 0.15) is 4.88 Å². The third kappa shape index (κ3) is 2.50. The van der Waals surface area contributed by atoms with E-state index < -0.39 is 0 Å². The van der Waals surface area contributed by atoms with Crippen LogP contribution in [0.4, 0.5) is 17.1 Å². The zero-order chi connectivity index (χ0) is 15.0. The van der Waals surface area contributed by atoms with E-state index in [-0.39, 0.29) is 11.8 Å². The van der Waals surface area contributed by atoms with E-state index in [0.29, 0.717) is 17.1 Å². The third-order valence-electron chi connectivity index (χ3n) is 3.51. The lowest BCUT2D eigenvalue weighted by Crippen LogP contribution is -2.25. The fraction of sp³-hybridized carbons (Fsp3) is 0.200. The van der Waals surface area contributed by atoms with Gasteiger partial charge in [-0.25, -0.2) is 0 Å². The van der Waals surface area contributed by atoms with Gasteiger partial charge >= 0.3 is 0 Å². The quantitative estimate of drug-likeness (QED) is 0.895. The highest BCUT2D eigenvalue weighted by Gasteiger charge is 2.22. The largest absolute Gasteiger partial charge is 0.397 e. The third-order valence-corrected chi connectivity index (χ3v) is 4.44. The number of carbonyl (C=O) groups is 2. The van der Waals surface area contributed by atoms with Crippen molar-refractivity contribution in [1.82, 2.24) is 0 Å². The van der Waals surface area contributed by atoms with Gasteiger partial charge in [0.25, 0.3) is 5.91 Å². The number of carbonyl (C=O) groups excluding carboxylic acids is 2. The maximum atomic E-state index is 12.1. The topological polar surface area (TPSA) is 75.4 Å². The molecule has 108 valence electrons. The Kier molecular flexibility index (Phi) is 3.39. The van der Waals surface area contributed by atoms with Crippen molar-refractivity contribution in [2.75, 3.05) is 22.5 Å². The van der Waals surface area contributed by atoms with Gasteiger partial charge in [-0.15, -0.1) is 11.3 Å². The predicted molar refractivity (Wildman–Crippen MR) is 84.9 cm³/mol. The highest BCUT2D eigenvalue weighted by molar-refractivity contribution is 7.12. The molecule has 0 spiro atoms. The lowest BCUT2D eigenvalue weighted by Gasteiger charge is -2.15. The van der Waals surface area contributed by atoms with Crippen LogP contribution in [0.3, 0.4) is 0 Å². The van der Waals surface area contributed by atoms with E-state index in [2.05, 4.69) is 5.32 Å². The molecule has 0 saturated carbocycles. The van der Waals surface area contributed by atoms with Crippen LogP contribution < -0.4 is 16.0 Å². The van der Waals surface area contributed by atoms with Gasteiger partial charge < -0.3 is 16.0 Å². The van der Waals surface area contributed by atoms with Crippen molar-refractivity contribution in [2.24, 2.45) is 0 Å². The van der Waals surface area contributed by atoms with Crippen LogP contribution in [0.5, 0.6) is 0 Å². The molecule has 1 aromatic carbocycles. The first-order valence-electron chi connectivity index (χ1n) is 6.61. The van der Waals surface area contributed by atoms with Crippen molar-refractivity contribution in [1.29, 1.82) is 0 Å². The predicted octanol–water partition coefficient (Wildman–Crippen LogP) is 2.49. The molecule has 0 radical (unpaired) electrons. The molecule has 1 aromatic heterocycles. The van der Waals surface area contributed by atoms with Gasteiger partial charge in [-0.3, -0.25) is 9.59 Å². The summed E-state index contributed by atoms with van der Waals surface area (Å²) in [6, 6.07) is 7.31. The van der Waals surface area contributed by atoms with Crippen LogP contribution in [0, 0.1) is 0 Å². The summed E-state index contributed by atoms with van der Waals surface area (Å²) in [4.78, 5) is 25.9. The smallest absolute Gasteiger partial charge is 0.267 e. The van der Waals surface area contributed by atoms with Crippen LogP contribution in [0.1, 0.15) is 22.2 Å². The van der Waals surface area contributed by atoms with Crippen molar-refractivity contribution in [2.45, 2.75) is 13.3 Å². The van der Waals surface area contributed by atoms with E-state index in [0.717, 1.165) is 23.4 Å². The Morgan fingerprint density at radius 2 is 2.14 bits per heavy atom. The van der Waals surface area contributed by atoms with Gasteiger partial charge in [-0.1, -0.05) is 0 Å². The molecule has 1 aliphatic heterocycles. The molecular weight excluding hydrogens is 286 g/mol. The second-order valence-electron chi connectivity index (χ2n) is 4.92. The Morgan fingerprint density at radius 3 is 2.81 bits per heavy atom. The fourth-order valence-electron chi connectivity index (χ4n) is 2.50. The molecule has 0 fully saturated rings. The average molecular weight is 301 g/mol. The van der Waals surface area contributed by atoms with Crippen LogP contribution >= 0.6 is 11.3 Å². The van der Waals surface area contributed by atoms with Crippen molar-refractivity contribution >= 4 is 40.2 Å². The minimum atomic E-state index is -0.205. The van der Waals surface area contributed by atoms with E-state index in [1.165, 1.54) is 11.3 Å². The first-order chi connectivity index (χ1) is 10.1. The molecule has 21 heavy (non-hydrogen) atoms. The summed E-state index contributed by atoms with van der Waals surface area (Å²) in [6.45, 7) is 2.25. The van der Waals surface area contributed by atoms with Crippen LogP contribution in [-0.2, 0) is 11.2 Å². The normalized spacial score (nSPS) is 13.1. The maximum Gasteiger partial charge on any atom is 0.267 e. The first kappa shape index (κ1) is 13.6. The van der Waals surface area contributed by atoms with Gasteiger partial charge in [0.15, 0.2) is 0 Å². The Bertz CT molecular complexity index is 723. The second kappa shape index (κ2) is 5.21. The van der Waals surface area contributed by atoms with Crippen LogP contribution in [0.2, 0.25) is 0 Å². The van der Waals surface area contributed by atoms with Crippen LogP contribution in [-0.4, -0.2) is 18.4 Å². The molecule has 0 atom stereocenters. The molecule has 1 aliphatic rings. The number of rotatable bonds is 2. The number of amides is 2. The van der Waals surface area contributed by atoms with E-state index >= 15 is 0 Å². The van der Waals surface area contributed by atoms with Gasteiger partial charge in [0.05, 0.1) is 5.69 Å². The number of nitrogens with one attached hydrogen (secondary N) is 1. The number of anilines is 3. The van der Waals surface area contributed by atoms with E-state index in [4.69, 9.17) is 5.73 Å². The highest BCUT2D eigenvalue weighted by atomic mass is 32.1. The van der Waals surface area contributed by atoms with Gasteiger partial charge in [-0.2, -0.15) is 0 Å². The number of nitrogen functional groups attached to an aromatic ring is 1. The number of benzene rings is 1. The molecule has 0 unspecified atom stereocenters. The van der Waals surface area contributed by atoms with E-state index in [1.54, 1.807) is 23.3 Å². The van der Waals surface area contributed by atoms with E-state index in [1.807, 2.05) is 18.2 Å². The molecule has 3 rings (SSSR count). The van der Waals surface area contributed by atoms with Crippen LogP contribution in [0.15, 0.2) is 29.6 Å². The summed E-state index contributed by atoms with van der Waals surface area (Å²) in [5, 5.41) is 4.64. The monoisotopic (exact) mass is 301 g/mol. The Labute approximate surface area is 126 Å². The fourth-order valence-corrected chi connectivity index (χ4v) is 3.21. The highest BCUT2D eigenvalue weighted by Crippen LogP contribution is 2.31. The number of hydrogen-bond donors (Lipinski definition) is 2. The van der Waals surface area contributed by atoms with E-state index in [9.17, 15) is 9.59 Å². The molecule has 2 amide bonds. The Morgan fingerprint density at radius 1 is 1.33 bits per heavy atom. The summed E-state index contributed by atoms with van der Waals surface area (Å²) in [6.07, 6.45) is 0.805. The number of nitrogens with zero attached hydrogens (tertiary/aromatic N) is 1. The molecule has 0 bridgehead atoms. The van der Waals surface area contributed by atoms with Crippen molar-refractivity contribution in [3.05, 3.63) is 40.1 Å². The summed E-state index contributed by atoms with van der Waals surface area (Å²) in [5.41, 5.74) is 8.95. The number of hydrogen-bond acceptors (Lipinski definition) is 4.